The van der Waals surface area contributed by atoms with E-state index in [-0.39, 0.29) is 11.3 Å². The molecule has 0 fully saturated rings. The van der Waals surface area contributed by atoms with Crippen molar-refractivity contribution in [2.75, 3.05) is 16.8 Å². The van der Waals surface area contributed by atoms with E-state index in [2.05, 4.69) is 5.32 Å². The highest BCUT2D eigenvalue weighted by Crippen LogP contribution is 2.35. The van der Waals surface area contributed by atoms with E-state index in [1.54, 1.807) is 24.3 Å². The van der Waals surface area contributed by atoms with Crippen molar-refractivity contribution in [1.82, 2.24) is 0 Å². The first-order valence-electron chi connectivity index (χ1n) is 10.3. The molecule has 1 N–H and O–H groups in total. The minimum atomic E-state index is -0.495. The molecule has 4 rings (SSSR count). The molecule has 0 radical (unpaired) electrons. The van der Waals surface area contributed by atoms with E-state index in [0.29, 0.717) is 29.3 Å². The van der Waals surface area contributed by atoms with Crippen molar-refractivity contribution in [3.8, 4) is 5.75 Å². The summed E-state index contributed by atoms with van der Waals surface area (Å²) in [6.45, 7) is 6.33. The Kier molecular flexibility index (Phi) is 5.77. The average Bonchev–Trinajstić information content (AvgIpc) is 3.00. The van der Waals surface area contributed by atoms with E-state index in [1.807, 2.05) is 39.0 Å². The topological polar surface area (TPSA) is 58.6 Å². The fourth-order valence-corrected chi connectivity index (χ4v) is 3.76. The lowest BCUT2D eigenvalue weighted by Gasteiger charge is -2.15. The molecular weight excluding hydrogens is 407 g/mol. The predicted octanol–water partition coefficient (Wildman–Crippen LogP) is 5.24. The Labute approximate surface area is 186 Å². The molecule has 3 aromatic rings. The summed E-state index contributed by atoms with van der Waals surface area (Å²) in [6, 6.07) is 18.2. The summed E-state index contributed by atoms with van der Waals surface area (Å²) in [4.78, 5) is 27.9. The Morgan fingerprint density at radius 1 is 0.906 bits per heavy atom. The van der Waals surface area contributed by atoms with Crippen LogP contribution in [0.1, 0.15) is 23.6 Å². The number of imide groups is 1. The van der Waals surface area contributed by atoms with E-state index in [1.165, 1.54) is 24.3 Å². The van der Waals surface area contributed by atoms with Crippen molar-refractivity contribution in [3.05, 3.63) is 94.9 Å². The van der Waals surface area contributed by atoms with Crippen molar-refractivity contribution in [3.63, 3.8) is 0 Å². The van der Waals surface area contributed by atoms with Crippen molar-refractivity contribution in [1.29, 1.82) is 0 Å². The number of hydrogen-bond acceptors (Lipinski definition) is 4. The third-order valence-electron chi connectivity index (χ3n) is 5.25. The van der Waals surface area contributed by atoms with Crippen LogP contribution in [0, 0.1) is 19.7 Å². The van der Waals surface area contributed by atoms with Crippen molar-refractivity contribution >= 4 is 28.8 Å². The molecule has 0 atom stereocenters. The Morgan fingerprint density at radius 2 is 1.59 bits per heavy atom. The van der Waals surface area contributed by atoms with Gasteiger partial charge in [0.25, 0.3) is 11.8 Å². The van der Waals surface area contributed by atoms with Crippen LogP contribution in [0.3, 0.4) is 0 Å². The molecule has 162 valence electrons. The quantitative estimate of drug-likeness (QED) is 0.544. The fraction of sp³-hybridized carbons (Fsp3) is 0.154. The summed E-state index contributed by atoms with van der Waals surface area (Å²) in [7, 11) is 0. The number of anilines is 2. The second-order valence-electron chi connectivity index (χ2n) is 7.57. The zero-order valence-electron chi connectivity index (χ0n) is 18.1. The molecule has 1 heterocycles. The van der Waals surface area contributed by atoms with Gasteiger partial charge in [-0.15, -0.1) is 0 Å². The maximum absolute atomic E-state index is 13.5. The van der Waals surface area contributed by atoms with E-state index in [0.717, 1.165) is 16.0 Å². The summed E-state index contributed by atoms with van der Waals surface area (Å²) in [5.41, 5.74) is 4.03. The van der Waals surface area contributed by atoms with Crippen molar-refractivity contribution in [2.24, 2.45) is 0 Å². The maximum atomic E-state index is 13.5. The highest BCUT2D eigenvalue weighted by Gasteiger charge is 2.40. The number of amides is 2. The number of hydrogen-bond donors (Lipinski definition) is 1. The summed E-state index contributed by atoms with van der Waals surface area (Å²) in [5.74, 6) is -0.681. The molecule has 2 amide bonds. The van der Waals surface area contributed by atoms with Gasteiger partial charge in [-0.2, -0.15) is 0 Å². The van der Waals surface area contributed by atoms with Gasteiger partial charge in [0.05, 0.1) is 17.9 Å². The second-order valence-corrected chi connectivity index (χ2v) is 7.57. The maximum Gasteiger partial charge on any atom is 0.282 e. The Bertz CT molecular complexity index is 1210. The molecule has 32 heavy (non-hydrogen) atoms. The number of rotatable bonds is 6. The monoisotopic (exact) mass is 430 g/mol. The first kappa shape index (κ1) is 21.3. The number of benzene rings is 3. The fourth-order valence-electron chi connectivity index (χ4n) is 3.76. The van der Waals surface area contributed by atoms with Gasteiger partial charge in [-0.05, 0) is 80.4 Å². The summed E-state index contributed by atoms with van der Waals surface area (Å²) >= 11 is 0. The van der Waals surface area contributed by atoms with Gasteiger partial charge >= 0.3 is 0 Å². The number of carbonyl (C=O) groups excluding carboxylic acids is 2. The average molecular weight is 430 g/mol. The van der Waals surface area contributed by atoms with Crippen molar-refractivity contribution < 1.29 is 18.7 Å². The molecule has 0 aliphatic carbocycles. The lowest BCUT2D eigenvalue weighted by atomic mass is 9.97. The Balaban J connectivity index is 1.79. The molecule has 5 nitrogen and oxygen atoms in total. The molecule has 1 aliphatic heterocycles. The van der Waals surface area contributed by atoms with Gasteiger partial charge in [0.2, 0.25) is 0 Å². The lowest BCUT2D eigenvalue weighted by molar-refractivity contribution is -0.120. The molecule has 3 aromatic carbocycles. The Morgan fingerprint density at radius 3 is 2.22 bits per heavy atom. The van der Waals surface area contributed by atoms with Crippen LogP contribution in [0.2, 0.25) is 0 Å². The number of ether oxygens (including phenoxy) is 1. The van der Waals surface area contributed by atoms with Gasteiger partial charge in [-0.1, -0.05) is 23.8 Å². The first-order chi connectivity index (χ1) is 15.4. The highest BCUT2D eigenvalue weighted by molar-refractivity contribution is 6.46. The van der Waals surface area contributed by atoms with Gasteiger partial charge in [-0.25, -0.2) is 9.29 Å². The van der Waals surface area contributed by atoms with Crippen LogP contribution in [0.25, 0.3) is 5.57 Å². The first-order valence-corrected chi connectivity index (χ1v) is 10.3. The van der Waals surface area contributed by atoms with Gasteiger partial charge < -0.3 is 10.1 Å². The zero-order valence-corrected chi connectivity index (χ0v) is 18.1. The van der Waals surface area contributed by atoms with E-state index < -0.39 is 17.6 Å². The number of carbonyl (C=O) groups is 2. The minimum absolute atomic E-state index is 0.176. The minimum Gasteiger partial charge on any atom is -0.494 e. The van der Waals surface area contributed by atoms with E-state index in [4.69, 9.17) is 4.74 Å². The summed E-state index contributed by atoms with van der Waals surface area (Å²) in [6.07, 6.45) is 0. The van der Waals surface area contributed by atoms with Crippen LogP contribution in [-0.2, 0) is 9.59 Å². The molecule has 0 aromatic heterocycles. The molecular formula is C26H23FN2O3. The number of nitrogens with one attached hydrogen (secondary N) is 1. The van der Waals surface area contributed by atoms with Crippen LogP contribution in [0.4, 0.5) is 15.8 Å². The molecule has 0 bridgehead atoms. The van der Waals surface area contributed by atoms with Gasteiger partial charge in [-0.3, -0.25) is 9.59 Å². The predicted molar refractivity (Wildman–Crippen MR) is 123 cm³/mol. The van der Waals surface area contributed by atoms with E-state index in [9.17, 15) is 14.0 Å². The molecule has 0 saturated carbocycles. The largest absolute Gasteiger partial charge is 0.494 e. The molecule has 6 heteroatoms. The number of halogens is 1. The van der Waals surface area contributed by atoms with Crippen LogP contribution >= 0.6 is 0 Å². The van der Waals surface area contributed by atoms with E-state index >= 15 is 0 Å². The van der Waals surface area contributed by atoms with Crippen LogP contribution in [-0.4, -0.2) is 18.4 Å². The molecule has 0 unspecified atom stereocenters. The summed E-state index contributed by atoms with van der Waals surface area (Å²) in [5, 5.41) is 3.13. The second kappa shape index (κ2) is 8.67. The smallest absolute Gasteiger partial charge is 0.282 e. The highest BCUT2D eigenvalue weighted by atomic mass is 19.1. The van der Waals surface area contributed by atoms with Crippen LogP contribution in [0.15, 0.2) is 72.4 Å². The third kappa shape index (κ3) is 3.99. The SMILES string of the molecule is CCOc1ccc(NC2=C(c3ccc(C)cc3C)C(=O)N(c3ccc(F)cc3)C2=O)cc1. The van der Waals surface area contributed by atoms with Crippen LogP contribution < -0.4 is 15.0 Å². The zero-order chi connectivity index (χ0) is 22.8. The Hall–Kier alpha value is -3.93. The molecule has 0 spiro atoms. The van der Waals surface area contributed by atoms with Crippen molar-refractivity contribution in [2.45, 2.75) is 20.8 Å². The van der Waals surface area contributed by atoms with Gasteiger partial charge in [0.15, 0.2) is 0 Å². The number of aryl methyl sites for hydroxylation is 2. The molecule has 1 aliphatic rings. The standard InChI is InChI=1S/C26H23FN2O3/c1-4-32-21-12-8-19(9-13-21)28-24-23(22-14-5-16(2)15-17(22)3)25(30)29(26(24)31)20-10-6-18(27)7-11-20/h5-15,28H,4H2,1-3H3. The number of nitrogens with zero attached hydrogens (tertiary/aromatic N) is 1. The third-order valence-corrected chi connectivity index (χ3v) is 5.25. The van der Waals surface area contributed by atoms with Crippen LogP contribution in [0.5, 0.6) is 5.75 Å². The lowest BCUT2D eigenvalue weighted by Crippen LogP contribution is -2.32. The summed E-state index contributed by atoms with van der Waals surface area (Å²) < 4.78 is 18.9. The normalized spacial score (nSPS) is 13.7. The van der Waals surface area contributed by atoms with Gasteiger partial charge in [0.1, 0.15) is 17.3 Å². The molecule has 0 saturated heterocycles. The van der Waals surface area contributed by atoms with Gasteiger partial charge in [0, 0.05) is 5.69 Å².